The van der Waals surface area contributed by atoms with Crippen molar-refractivity contribution in [1.82, 2.24) is 5.32 Å². The summed E-state index contributed by atoms with van der Waals surface area (Å²) in [5, 5.41) is 23.2. The molecule has 5 nitrogen and oxygen atoms in total. The molecule has 1 aliphatic rings. The molecule has 0 bridgehead atoms. The Hall–Kier alpha value is -3.18. The second-order valence-corrected chi connectivity index (χ2v) is 6.86. The van der Waals surface area contributed by atoms with Gasteiger partial charge in [-0.1, -0.05) is 36.4 Å². The zero-order valence-corrected chi connectivity index (χ0v) is 15.7. The number of benzene rings is 3. The summed E-state index contributed by atoms with van der Waals surface area (Å²) < 4.78 is 11.5. The van der Waals surface area contributed by atoms with Gasteiger partial charge >= 0.3 is 0 Å². The normalized spacial score (nSPS) is 15.7. The Morgan fingerprint density at radius 2 is 1.75 bits per heavy atom. The van der Waals surface area contributed by atoms with Crippen LogP contribution in [0, 0.1) is 0 Å². The lowest BCUT2D eigenvalue weighted by molar-refractivity contribution is 0.284. The van der Waals surface area contributed by atoms with E-state index in [2.05, 4.69) is 5.32 Å². The number of aromatic hydroxyl groups is 2. The van der Waals surface area contributed by atoms with E-state index in [4.69, 9.17) is 9.47 Å². The second kappa shape index (κ2) is 7.82. The van der Waals surface area contributed by atoms with Crippen molar-refractivity contribution in [3.63, 3.8) is 0 Å². The summed E-state index contributed by atoms with van der Waals surface area (Å²) in [5.74, 6) is 1.15. The third-order valence-corrected chi connectivity index (χ3v) is 5.05. The quantitative estimate of drug-likeness (QED) is 0.588. The summed E-state index contributed by atoms with van der Waals surface area (Å²) in [6.45, 7) is 1.25. The van der Waals surface area contributed by atoms with Crippen LogP contribution < -0.4 is 14.8 Å². The van der Waals surface area contributed by atoms with Crippen molar-refractivity contribution >= 4 is 0 Å². The fourth-order valence-electron chi connectivity index (χ4n) is 3.60. The number of hydrogen-bond donors (Lipinski definition) is 3. The molecular weight excluding hydrogens is 354 g/mol. The van der Waals surface area contributed by atoms with Crippen molar-refractivity contribution in [3.8, 4) is 23.0 Å². The molecule has 1 unspecified atom stereocenters. The number of phenolic OH excluding ortho intramolecular Hbond substituents is 2. The van der Waals surface area contributed by atoms with Crippen LogP contribution in [-0.2, 0) is 13.0 Å². The van der Waals surface area contributed by atoms with Crippen LogP contribution in [0.3, 0.4) is 0 Å². The van der Waals surface area contributed by atoms with Crippen molar-refractivity contribution < 1.29 is 19.7 Å². The lowest BCUT2D eigenvalue weighted by atomic mass is 9.89. The molecule has 144 valence electrons. The van der Waals surface area contributed by atoms with Gasteiger partial charge in [-0.2, -0.15) is 0 Å². The van der Waals surface area contributed by atoms with Crippen LogP contribution in [0.4, 0.5) is 0 Å². The molecule has 0 amide bonds. The molecule has 4 rings (SSSR count). The number of phenols is 2. The van der Waals surface area contributed by atoms with Gasteiger partial charge in [-0.3, -0.25) is 0 Å². The molecule has 0 saturated carbocycles. The number of nitrogens with one attached hydrogen (secondary N) is 1. The van der Waals surface area contributed by atoms with Crippen LogP contribution in [0.15, 0.2) is 60.7 Å². The monoisotopic (exact) mass is 377 g/mol. The summed E-state index contributed by atoms with van der Waals surface area (Å²) in [7, 11) is 1.63. The third kappa shape index (κ3) is 3.62. The van der Waals surface area contributed by atoms with E-state index in [1.54, 1.807) is 19.2 Å². The van der Waals surface area contributed by atoms with Gasteiger partial charge in [0.05, 0.1) is 13.2 Å². The van der Waals surface area contributed by atoms with E-state index in [-0.39, 0.29) is 17.5 Å². The molecule has 0 fully saturated rings. The predicted octanol–water partition coefficient (Wildman–Crippen LogP) is 3.92. The van der Waals surface area contributed by atoms with E-state index in [0.717, 1.165) is 35.2 Å². The fraction of sp³-hybridized carbons (Fsp3) is 0.217. The zero-order valence-electron chi connectivity index (χ0n) is 15.7. The van der Waals surface area contributed by atoms with Gasteiger partial charge in [0.15, 0.2) is 23.0 Å². The summed E-state index contributed by atoms with van der Waals surface area (Å²) in [4.78, 5) is 0. The van der Waals surface area contributed by atoms with Crippen molar-refractivity contribution in [3.05, 3.63) is 82.9 Å². The Balaban J connectivity index is 1.61. The minimum atomic E-state index is -0.109. The first-order chi connectivity index (χ1) is 13.7. The highest BCUT2D eigenvalue weighted by atomic mass is 16.5. The Labute approximate surface area is 164 Å². The van der Waals surface area contributed by atoms with Crippen molar-refractivity contribution in [2.24, 2.45) is 0 Å². The Bertz CT molecular complexity index is 972. The molecule has 1 heterocycles. The summed E-state index contributed by atoms with van der Waals surface area (Å²) in [6.07, 6.45) is 0.801. The summed E-state index contributed by atoms with van der Waals surface area (Å²) >= 11 is 0. The SMILES string of the molecule is COc1cc(C2NCCc3cc(O)c(O)cc32)ccc1OCc1ccccc1. The van der Waals surface area contributed by atoms with Gasteiger partial charge in [0.2, 0.25) is 0 Å². The van der Waals surface area contributed by atoms with Crippen LogP contribution in [0.2, 0.25) is 0 Å². The largest absolute Gasteiger partial charge is 0.504 e. The van der Waals surface area contributed by atoms with Crippen molar-refractivity contribution in [2.75, 3.05) is 13.7 Å². The number of rotatable bonds is 5. The summed E-state index contributed by atoms with van der Waals surface area (Å²) in [6, 6.07) is 19.0. The van der Waals surface area contributed by atoms with E-state index in [1.165, 1.54) is 0 Å². The lowest BCUT2D eigenvalue weighted by Gasteiger charge is -2.28. The van der Waals surface area contributed by atoms with Gasteiger partial charge in [-0.05, 0) is 52.9 Å². The van der Waals surface area contributed by atoms with Gasteiger partial charge in [0, 0.05) is 6.54 Å². The first-order valence-corrected chi connectivity index (χ1v) is 9.28. The highest BCUT2D eigenvalue weighted by molar-refractivity contribution is 5.52. The Morgan fingerprint density at radius 1 is 0.964 bits per heavy atom. The maximum Gasteiger partial charge on any atom is 0.161 e. The fourth-order valence-corrected chi connectivity index (χ4v) is 3.60. The molecule has 3 aromatic rings. The molecule has 0 aliphatic carbocycles. The highest BCUT2D eigenvalue weighted by Gasteiger charge is 2.24. The smallest absolute Gasteiger partial charge is 0.161 e. The van der Waals surface area contributed by atoms with Crippen LogP contribution in [0.25, 0.3) is 0 Å². The van der Waals surface area contributed by atoms with Gasteiger partial charge in [0.1, 0.15) is 6.61 Å². The molecule has 0 aromatic heterocycles. The minimum absolute atomic E-state index is 0.0818. The average molecular weight is 377 g/mol. The first-order valence-electron chi connectivity index (χ1n) is 9.28. The first kappa shape index (κ1) is 18.2. The lowest BCUT2D eigenvalue weighted by Crippen LogP contribution is -2.30. The van der Waals surface area contributed by atoms with Crippen LogP contribution in [0.1, 0.15) is 28.3 Å². The van der Waals surface area contributed by atoms with Gasteiger partial charge in [-0.25, -0.2) is 0 Å². The Morgan fingerprint density at radius 3 is 2.54 bits per heavy atom. The molecular formula is C23H23NO4. The topological polar surface area (TPSA) is 71.0 Å². The van der Waals surface area contributed by atoms with E-state index in [0.29, 0.717) is 18.1 Å². The van der Waals surface area contributed by atoms with Gasteiger partial charge < -0.3 is 25.0 Å². The molecule has 0 saturated heterocycles. The van der Waals surface area contributed by atoms with E-state index in [9.17, 15) is 10.2 Å². The van der Waals surface area contributed by atoms with E-state index >= 15 is 0 Å². The van der Waals surface area contributed by atoms with Crippen LogP contribution in [-0.4, -0.2) is 23.9 Å². The molecule has 3 aromatic carbocycles. The molecule has 1 aliphatic heterocycles. The molecule has 0 radical (unpaired) electrons. The van der Waals surface area contributed by atoms with Crippen LogP contribution >= 0.6 is 0 Å². The van der Waals surface area contributed by atoms with Gasteiger partial charge in [0.25, 0.3) is 0 Å². The average Bonchev–Trinajstić information content (AvgIpc) is 2.73. The number of fused-ring (bicyclic) bond motifs is 1. The molecule has 3 N–H and O–H groups in total. The van der Waals surface area contributed by atoms with Crippen LogP contribution in [0.5, 0.6) is 23.0 Å². The third-order valence-electron chi connectivity index (χ3n) is 5.05. The second-order valence-electron chi connectivity index (χ2n) is 6.86. The number of ether oxygens (including phenoxy) is 2. The summed E-state index contributed by atoms with van der Waals surface area (Å²) in [5.41, 5.74) is 4.09. The maximum atomic E-state index is 9.94. The van der Waals surface area contributed by atoms with E-state index < -0.39 is 0 Å². The van der Waals surface area contributed by atoms with Crippen molar-refractivity contribution in [1.29, 1.82) is 0 Å². The molecule has 5 heteroatoms. The Kier molecular flexibility index (Phi) is 5.08. The minimum Gasteiger partial charge on any atom is -0.504 e. The highest BCUT2D eigenvalue weighted by Crippen LogP contribution is 2.38. The number of hydrogen-bond acceptors (Lipinski definition) is 5. The molecule has 0 spiro atoms. The standard InChI is InChI=1S/C23H23NO4/c1-27-22-12-17(7-8-21(22)28-14-15-5-3-2-4-6-15)23-18-13-20(26)19(25)11-16(18)9-10-24-23/h2-8,11-13,23-26H,9-10,14H2,1H3. The number of methoxy groups -OCH3 is 1. The van der Waals surface area contributed by atoms with Crippen molar-refractivity contribution in [2.45, 2.75) is 19.1 Å². The van der Waals surface area contributed by atoms with Gasteiger partial charge in [-0.15, -0.1) is 0 Å². The predicted molar refractivity (Wildman–Crippen MR) is 107 cm³/mol. The molecule has 1 atom stereocenters. The van der Waals surface area contributed by atoms with E-state index in [1.807, 2.05) is 48.5 Å². The molecule has 28 heavy (non-hydrogen) atoms. The maximum absolute atomic E-state index is 9.94. The zero-order chi connectivity index (χ0) is 19.5.